The van der Waals surface area contributed by atoms with Gasteiger partial charge in [-0.1, -0.05) is 0 Å². The number of methoxy groups -OCH3 is 3. The average Bonchev–Trinajstić information content (AvgIpc) is 3.40. The molecule has 28 heavy (non-hydrogen) atoms. The maximum absolute atomic E-state index is 5.47. The van der Waals surface area contributed by atoms with Crippen molar-refractivity contribution in [2.45, 2.75) is 6.54 Å². The van der Waals surface area contributed by atoms with Crippen molar-refractivity contribution in [1.82, 2.24) is 14.6 Å². The third kappa shape index (κ3) is 3.20. The van der Waals surface area contributed by atoms with Gasteiger partial charge in [0.05, 0.1) is 33.8 Å². The molecule has 0 atom stereocenters. The van der Waals surface area contributed by atoms with E-state index < -0.39 is 0 Å². The Kier molecular flexibility index (Phi) is 4.76. The molecule has 0 spiro atoms. The molecule has 0 aliphatic carbocycles. The molecular weight excluding hydrogens is 360 g/mol. The van der Waals surface area contributed by atoms with Gasteiger partial charge < -0.3 is 23.9 Å². The summed E-state index contributed by atoms with van der Waals surface area (Å²) in [5, 5.41) is 7.93. The summed E-state index contributed by atoms with van der Waals surface area (Å²) in [7, 11) is 4.78. The van der Waals surface area contributed by atoms with Crippen LogP contribution in [0.3, 0.4) is 0 Å². The van der Waals surface area contributed by atoms with Gasteiger partial charge in [-0.2, -0.15) is 0 Å². The lowest BCUT2D eigenvalue weighted by Crippen LogP contribution is -2.05. The predicted molar refractivity (Wildman–Crippen MR) is 104 cm³/mol. The standard InChI is InChI=1S/C20H20N4O4/c1-25-16-9-13(10-17(26-2)20(16)27-3)11-21-18-6-7-19-22-12-14(24(19)23-18)15-5-4-8-28-15/h4-10,12H,11H2,1-3H3,(H,21,23). The molecule has 4 aromatic rings. The number of benzene rings is 1. The molecule has 0 saturated heterocycles. The van der Waals surface area contributed by atoms with Crippen molar-refractivity contribution in [3.63, 3.8) is 0 Å². The summed E-state index contributed by atoms with van der Waals surface area (Å²) in [6.45, 7) is 0.528. The number of anilines is 1. The minimum atomic E-state index is 0.528. The minimum absolute atomic E-state index is 0.528. The van der Waals surface area contributed by atoms with Gasteiger partial charge >= 0.3 is 0 Å². The van der Waals surface area contributed by atoms with Crippen molar-refractivity contribution in [3.8, 4) is 28.7 Å². The lowest BCUT2D eigenvalue weighted by atomic mass is 10.1. The van der Waals surface area contributed by atoms with Gasteiger partial charge in [0, 0.05) is 6.54 Å². The first-order chi connectivity index (χ1) is 13.7. The van der Waals surface area contributed by atoms with Gasteiger partial charge in [-0.05, 0) is 42.0 Å². The number of nitrogens with one attached hydrogen (secondary N) is 1. The Balaban J connectivity index is 1.60. The second kappa shape index (κ2) is 7.51. The fraction of sp³-hybridized carbons (Fsp3) is 0.200. The van der Waals surface area contributed by atoms with Crippen LogP contribution in [0.5, 0.6) is 17.2 Å². The summed E-state index contributed by atoms with van der Waals surface area (Å²) >= 11 is 0. The van der Waals surface area contributed by atoms with Gasteiger partial charge in [0.1, 0.15) is 11.5 Å². The van der Waals surface area contributed by atoms with E-state index in [1.165, 1.54) is 0 Å². The largest absolute Gasteiger partial charge is 0.493 e. The number of rotatable bonds is 7. The summed E-state index contributed by atoms with van der Waals surface area (Å²) in [6, 6.07) is 11.3. The fourth-order valence-electron chi connectivity index (χ4n) is 2.99. The SMILES string of the molecule is COc1cc(CNc2ccc3ncc(-c4ccco4)n3n2)cc(OC)c1OC. The molecule has 0 saturated carbocycles. The summed E-state index contributed by atoms with van der Waals surface area (Å²) < 4.78 is 23.4. The first kappa shape index (κ1) is 17.7. The van der Waals surface area contributed by atoms with E-state index in [4.69, 9.17) is 18.6 Å². The molecule has 0 unspecified atom stereocenters. The Morgan fingerprint density at radius 3 is 2.46 bits per heavy atom. The highest BCUT2D eigenvalue weighted by molar-refractivity contribution is 5.59. The number of imidazole rings is 1. The van der Waals surface area contributed by atoms with Crippen molar-refractivity contribution in [2.75, 3.05) is 26.6 Å². The van der Waals surface area contributed by atoms with Crippen LogP contribution in [0.2, 0.25) is 0 Å². The highest BCUT2D eigenvalue weighted by Crippen LogP contribution is 2.38. The zero-order valence-corrected chi connectivity index (χ0v) is 15.8. The highest BCUT2D eigenvalue weighted by atomic mass is 16.5. The van der Waals surface area contributed by atoms with Crippen molar-refractivity contribution in [2.24, 2.45) is 0 Å². The van der Waals surface area contributed by atoms with Crippen LogP contribution in [-0.4, -0.2) is 35.9 Å². The van der Waals surface area contributed by atoms with Crippen LogP contribution < -0.4 is 19.5 Å². The van der Waals surface area contributed by atoms with Gasteiger partial charge in [0.15, 0.2) is 22.9 Å². The van der Waals surface area contributed by atoms with E-state index in [9.17, 15) is 0 Å². The van der Waals surface area contributed by atoms with Crippen LogP contribution >= 0.6 is 0 Å². The molecule has 0 bridgehead atoms. The fourth-order valence-corrected chi connectivity index (χ4v) is 2.99. The lowest BCUT2D eigenvalue weighted by Gasteiger charge is -2.14. The molecular formula is C20H20N4O4. The third-order valence-electron chi connectivity index (χ3n) is 4.33. The van der Waals surface area contributed by atoms with E-state index in [0.717, 1.165) is 16.9 Å². The first-order valence-electron chi connectivity index (χ1n) is 8.65. The van der Waals surface area contributed by atoms with Crippen LogP contribution in [0.15, 0.2) is 53.3 Å². The van der Waals surface area contributed by atoms with E-state index >= 15 is 0 Å². The van der Waals surface area contributed by atoms with Crippen molar-refractivity contribution in [1.29, 1.82) is 0 Å². The number of nitrogens with zero attached hydrogens (tertiary/aromatic N) is 3. The molecule has 8 nitrogen and oxygen atoms in total. The molecule has 0 amide bonds. The molecule has 144 valence electrons. The van der Waals surface area contributed by atoms with E-state index in [-0.39, 0.29) is 0 Å². The molecule has 1 aromatic carbocycles. The monoisotopic (exact) mass is 380 g/mol. The predicted octanol–water partition coefficient (Wildman–Crippen LogP) is 3.63. The van der Waals surface area contributed by atoms with Crippen LogP contribution in [0.1, 0.15) is 5.56 Å². The quantitative estimate of drug-likeness (QED) is 0.524. The Bertz CT molecular complexity index is 1060. The molecule has 0 aliphatic heterocycles. The Morgan fingerprint density at radius 2 is 1.82 bits per heavy atom. The summed E-state index contributed by atoms with van der Waals surface area (Å²) in [5.74, 6) is 3.19. The topological polar surface area (TPSA) is 83.1 Å². The first-order valence-corrected chi connectivity index (χ1v) is 8.65. The number of ether oxygens (including phenoxy) is 3. The maximum Gasteiger partial charge on any atom is 0.203 e. The summed E-state index contributed by atoms with van der Waals surface area (Å²) in [6.07, 6.45) is 3.37. The van der Waals surface area contributed by atoms with Crippen LogP contribution in [0.25, 0.3) is 17.1 Å². The molecule has 3 aromatic heterocycles. The van der Waals surface area contributed by atoms with Crippen molar-refractivity contribution in [3.05, 3.63) is 54.4 Å². The Labute approximate surface area is 161 Å². The molecule has 4 rings (SSSR count). The molecule has 0 fully saturated rings. The zero-order chi connectivity index (χ0) is 19.5. The molecule has 0 radical (unpaired) electrons. The third-order valence-corrected chi connectivity index (χ3v) is 4.33. The smallest absolute Gasteiger partial charge is 0.203 e. The van der Waals surface area contributed by atoms with Crippen molar-refractivity contribution < 1.29 is 18.6 Å². The molecule has 3 heterocycles. The maximum atomic E-state index is 5.47. The summed E-state index contributed by atoms with van der Waals surface area (Å²) in [5.41, 5.74) is 2.49. The summed E-state index contributed by atoms with van der Waals surface area (Å²) in [4.78, 5) is 4.36. The van der Waals surface area contributed by atoms with E-state index in [0.29, 0.717) is 35.4 Å². The number of hydrogen-bond donors (Lipinski definition) is 1. The van der Waals surface area contributed by atoms with Gasteiger partial charge in [-0.15, -0.1) is 5.10 Å². The number of hydrogen-bond acceptors (Lipinski definition) is 7. The zero-order valence-electron chi connectivity index (χ0n) is 15.8. The Morgan fingerprint density at radius 1 is 1.04 bits per heavy atom. The number of aromatic nitrogens is 3. The molecule has 0 aliphatic rings. The molecule has 8 heteroatoms. The highest BCUT2D eigenvalue weighted by Gasteiger charge is 2.14. The van der Waals surface area contributed by atoms with Crippen molar-refractivity contribution >= 4 is 11.5 Å². The molecule has 1 N–H and O–H groups in total. The van der Waals surface area contributed by atoms with Crippen LogP contribution in [0, 0.1) is 0 Å². The van der Waals surface area contributed by atoms with E-state index in [2.05, 4.69) is 15.4 Å². The van der Waals surface area contributed by atoms with Crippen LogP contribution in [0.4, 0.5) is 5.82 Å². The second-order valence-electron chi connectivity index (χ2n) is 6.00. The van der Waals surface area contributed by atoms with Gasteiger partial charge in [-0.25, -0.2) is 9.50 Å². The van der Waals surface area contributed by atoms with Crippen LogP contribution in [-0.2, 0) is 6.54 Å². The Hall–Kier alpha value is -3.68. The number of fused-ring (bicyclic) bond motifs is 1. The van der Waals surface area contributed by atoms with Gasteiger partial charge in [-0.3, -0.25) is 0 Å². The average molecular weight is 380 g/mol. The lowest BCUT2D eigenvalue weighted by molar-refractivity contribution is 0.324. The second-order valence-corrected chi connectivity index (χ2v) is 6.00. The van der Waals surface area contributed by atoms with Gasteiger partial charge in [0.25, 0.3) is 0 Å². The normalized spacial score (nSPS) is 10.8. The van der Waals surface area contributed by atoms with E-state index in [1.54, 1.807) is 38.3 Å². The number of furan rings is 1. The minimum Gasteiger partial charge on any atom is -0.493 e. The van der Waals surface area contributed by atoms with E-state index in [1.807, 2.05) is 36.4 Å². The van der Waals surface area contributed by atoms with Gasteiger partial charge in [0.2, 0.25) is 5.75 Å².